The highest BCUT2D eigenvalue weighted by Crippen LogP contribution is 2.54. The molecular formula is C31H35N3O. The molecule has 0 spiro atoms. The molecule has 4 heteroatoms. The smallest absolute Gasteiger partial charge is 0.127 e. The lowest BCUT2D eigenvalue weighted by Crippen LogP contribution is -2.47. The second kappa shape index (κ2) is 8.64. The minimum absolute atomic E-state index is 0.205. The summed E-state index contributed by atoms with van der Waals surface area (Å²) in [4.78, 5) is 4.99. The van der Waals surface area contributed by atoms with Gasteiger partial charge in [0.15, 0.2) is 0 Å². The molecule has 2 aliphatic rings. The molecule has 0 aliphatic carbocycles. The van der Waals surface area contributed by atoms with Crippen LogP contribution in [-0.2, 0) is 0 Å². The number of piperazine rings is 1. The number of nitriles is 1. The lowest BCUT2D eigenvalue weighted by Gasteiger charge is -2.39. The van der Waals surface area contributed by atoms with E-state index < -0.39 is 0 Å². The number of rotatable bonds is 3. The van der Waals surface area contributed by atoms with Gasteiger partial charge in [0.05, 0.1) is 17.6 Å². The molecule has 2 aliphatic heterocycles. The molecule has 0 bridgehead atoms. The van der Waals surface area contributed by atoms with Crippen LogP contribution in [0.1, 0.15) is 58.7 Å². The molecule has 0 radical (unpaired) electrons. The largest absolute Gasteiger partial charge is 0.486 e. The maximum absolute atomic E-state index is 9.10. The van der Waals surface area contributed by atoms with Crippen LogP contribution in [0.3, 0.4) is 0 Å². The van der Waals surface area contributed by atoms with Gasteiger partial charge >= 0.3 is 0 Å². The first kappa shape index (κ1) is 23.3. The van der Waals surface area contributed by atoms with Crippen LogP contribution >= 0.6 is 0 Å². The number of anilines is 2. The first-order valence-corrected chi connectivity index (χ1v) is 12.6. The molecule has 3 aromatic carbocycles. The molecule has 1 unspecified atom stereocenters. The quantitative estimate of drug-likeness (QED) is 0.447. The van der Waals surface area contributed by atoms with Crippen LogP contribution in [0.4, 0.5) is 11.4 Å². The van der Waals surface area contributed by atoms with E-state index in [-0.39, 0.29) is 11.5 Å². The van der Waals surface area contributed by atoms with E-state index >= 15 is 0 Å². The molecule has 4 nitrogen and oxygen atoms in total. The van der Waals surface area contributed by atoms with Crippen molar-refractivity contribution in [3.8, 4) is 11.8 Å². The lowest BCUT2D eigenvalue weighted by molar-refractivity contribution is 0.121. The Bertz CT molecular complexity index is 1290. The van der Waals surface area contributed by atoms with Gasteiger partial charge in [0, 0.05) is 43.1 Å². The van der Waals surface area contributed by atoms with Gasteiger partial charge < -0.3 is 14.5 Å². The molecule has 1 atom stereocenters. The summed E-state index contributed by atoms with van der Waals surface area (Å²) < 4.78 is 6.67. The fraction of sp³-hybridized carbons (Fsp3) is 0.387. The number of hydrogen-bond acceptors (Lipinski definition) is 4. The summed E-state index contributed by atoms with van der Waals surface area (Å²) in [7, 11) is 0. The number of ether oxygens (including phenoxy) is 1. The number of hydrogen-bond donors (Lipinski definition) is 0. The van der Waals surface area contributed by atoms with Crippen molar-refractivity contribution in [2.45, 2.75) is 53.1 Å². The van der Waals surface area contributed by atoms with Crippen molar-refractivity contribution in [2.24, 2.45) is 0 Å². The number of aryl methyl sites for hydroxylation is 1. The summed E-state index contributed by atoms with van der Waals surface area (Å²) in [6.45, 7) is 17.2. The van der Waals surface area contributed by atoms with Crippen LogP contribution in [0.5, 0.6) is 5.75 Å². The highest BCUT2D eigenvalue weighted by atomic mass is 16.5. The average molecular weight is 466 g/mol. The minimum Gasteiger partial charge on any atom is -0.486 e. The highest BCUT2D eigenvalue weighted by molar-refractivity contribution is 5.72. The Hall–Kier alpha value is -3.45. The van der Waals surface area contributed by atoms with E-state index in [0.717, 1.165) is 31.9 Å². The molecule has 35 heavy (non-hydrogen) atoms. The Morgan fingerprint density at radius 3 is 2.00 bits per heavy atom. The summed E-state index contributed by atoms with van der Waals surface area (Å²) in [5.41, 5.74) is 10.9. The van der Waals surface area contributed by atoms with Crippen LogP contribution in [0.15, 0.2) is 48.5 Å². The monoisotopic (exact) mass is 465 g/mol. The maximum Gasteiger partial charge on any atom is 0.127 e. The van der Waals surface area contributed by atoms with Crippen molar-refractivity contribution in [3.63, 3.8) is 0 Å². The van der Waals surface area contributed by atoms with Crippen molar-refractivity contribution in [1.29, 1.82) is 5.26 Å². The van der Waals surface area contributed by atoms with Gasteiger partial charge in [-0.15, -0.1) is 0 Å². The fourth-order valence-electron chi connectivity index (χ4n) is 6.01. The minimum atomic E-state index is -0.299. The van der Waals surface area contributed by atoms with Gasteiger partial charge in [-0.05, 0) is 88.1 Å². The Morgan fingerprint density at radius 1 is 0.800 bits per heavy atom. The molecular weight excluding hydrogens is 430 g/mol. The fourth-order valence-corrected chi connectivity index (χ4v) is 6.01. The maximum atomic E-state index is 9.10. The summed E-state index contributed by atoms with van der Waals surface area (Å²) >= 11 is 0. The van der Waals surface area contributed by atoms with Crippen molar-refractivity contribution >= 4 is 11.4 Å². The van der Waals surface area contributed by atoms with Crippen LogP contribution in [0.25, 0.3) is 0 Å². The predicted octanol–water partition coefficient (Wildman–Crippen LogP) is 6.42. The van der Waals surface area contributed by atoms with Crippen molar-refractivity contribution in [1.82, 2.24) is 0 Å². The molecule has 1 saturated heterocycles. The van der Waals surface area contributed by atoms with Crippen molar-refractivity contribution in [3.05, 3.63) is 87.5 Å². The molecule has 2 heterocycles. The van der Waals surface area contributed by atoms with Crippen molar-refractivity contribution < 1.29 is 4.74 Å². The number of nitrogens with zero attached hydrogens (tertiary/aromatic N) is 3. The molecule has 0 N–H and O–H groups in total. The zero-order valence-corrected chi connectivity index (χ0v) is 21.8. The van der Waals surface area contributed by atoms with Crippen LogP contribution in [-0.4, -0.2) is 31.8 Å². The van der Waals surface area contributed by atoms with E-state index in [4.69, 9.17) is 10.00 Å². The topological polar surface area (TPSA) is 39.5 Å². The summed E-state index contributed by atoms with van der Waals surface area (Å²) in [6.07, 6.45) is 0. The van der Waals surface area contributed by atoms with E-state index in [1.54, 1.807) is 0 Å². The zero-order valence-electron chi connectivity index (χ0n) is 21.8. The van der Waals surface area contributed by atoms with Gasteiger partial charge in [-0.2, -0.15) is 5.26 Å². The third-order valence-corrected chi connectivity index (χ3v) is 7.98. The van der Waals surface area contributed by atoms with Crippen LogP contribution in [0.2, 0.25) is 0 Å². The van der Waals surface area contributed by atoms with E-state index in [2.05, 4.69) is 93.8 Å². The molecule has 3 aromatic rings. The summed E-state index contributed by atoms with van der Waals surface area (Å²) in [6, 6.07) is 19.1. The summed E-state index contributed by atoms with van der Waals surface area (Å²) in [5, 5.41) is 9.10. The third-order valence-electron chi connectivity index (χ3n) is 7.98. The first-order valence-electron chi connectivity index (χ1n) is 12.6. The second-order valence-electron chi connectivity index (χ2n) is 10.6. The Morgan fingerprint density at radius 2 is 1.40 bits per heavy atom. The zero-order chi connectivity index (χ0) is 24.9. The standard InChI is InChI=1S/C31H35N3O/c1-20-7-11-25(12-8-20)28-27-23(4)29(21(2)22(3)30(27)35-31(28,5)6)34-17-15-33(16-18-34)26-13-9-24(19-32)10-14-26/h7-14,28H,15-18H2,1-6H3. The number of benzene rings is 3. The molecule has 0 saturated carbocycles. The number of fused-ring (bicyclic) bond motifs is 1. The Kier molecular flexibility index (Phi) is 5.75. The lowest BCUT2D eigenvalue weighted by atomic mass is 9.78. The van der Waals surface area contributed by atoms with E-state index in [0.29, 0.717) is 5.56 Å². The Labute approximate surface area is 209 Å². The van der Waals surface area contributed by atoms with E-state index in [9.17, 15) is 0 Å². The molecule has 180 valence electrons. The normalized spacial score (nSPS) is 18.7. The van der Waals surface area contributed by atoms with Gasteiger partial charge in [0.25, 0.3) is 0 Å². The third kappa shape index (κ3) is 3.93. The van der Waals surface area contributed by atoms with Crippen LogP contribution < -0.4 is 14.5 Å². The average Bonchev–Trinajstić information content (AvgIpc) is 3.15. The SMILES string of the molecule is Cc1ccc(C2c3c(C)c(N4CCN(c5ccc(C#N)cc5)CC4)c(C)c(C)c3OC2(C)C)cc1. The molecule has 0 aromatic heterocycles. The van der Waals surface area contributed by atoms with Gasteiger partial charge in [-0.25, -0.2) is 0 Å². The molecule has 0 amide bonds. The molecule has 5 rings (SSSR count). The van der Waals surface area contributed by atoms with Gasteiger partial charge in [-0.3, -0.25) is 0 Å². The van der Waals surface area contributed by atoms with Gasteiger partial charge in [0.2, 0.25) is 0 Å². The van der Waals surface area contributed by atoms with Crippen LogP contribution in [0, 0.1) is 39.0 Å². The highest BCUT2D eigenvalue weighted by Gasteiger charge is 2.45. The van der Waals surface area contributed by atoms with E-state index in [1.807, 2.05) is 12.1 Å². The van der Waals surface area contributed by atoms with E-state index in [1.165, 1.54) is 44.8 Å². The van der Waals surface area contributed by atoms with Gasteiger partial charge in [-0.1, -0.05) is 29.8 Å². The predicted molar refractivity (Wildman–Crippen MR) is 144 cm³/mol. The molecule has 1 fully saturated rings. The van der Waals surface area contributed by atoms with Gasteiger partial charge in [0.1, 0.15) is 11.4 Å². The second-order valence-corrected chi connectivity index (χ2v) is 10.6. The first-order chi connectivity index (χ1) is 16.7. The Balaban J connectivity index is 1.49. The van der Waals surface area contributed by atoms with Crippen molar-refractivity contribution in [2.75, 3.05) is 36.0 Å². The summed E-state index contributed by atoms with van der Waals surface area (Å²) in [5.74, 6) is 1.28.